The fraction of sp³-hybridized carbons (Fsp3) is 0.467. The second kappa shape index (κ2) is 8.99. The molecular formula is C15H19F3N2O5S. The third-order valence-electron chi connectivity index (χ3n) is 3.37. The van der Waals surface area contributed by atoms with E-state index in [2.05, 4.69) is 5.32 Å². The van der Waals surface area contributed by atoms with E-state index in [1.165, 1.54) is 0 Å². The molecule has 146 valence electrons. The van der Waals surface area contributed by atoms with Crippen LogP contribution in [-0.2, 0) is 25.8 Å². The molecule has 0 spiro atoms. The van der Waals surface area contributed by atoms with E-state index in [4.69, 9.17) is 5.11 Å². The zero-order chi connectivity index (χ0) is 20.0. The highest BCUT2D eigenvalue weighted by Gasteiger charge is 2.31. The van der Waals surface area contributed by atoms with Crippen LogP contribution in [0.3, 0.4) is 0 Å². The number of alkyl halides is 3. The van der Waals surface area contributed by atoms with Gasteiger partial charge in [0.2, 0.25) is 15.9 Å². The van der Waals surface area contributed by atoms with Gasteiger partial charge in [0.1, 0.15) is 6.04 Å². The van der Waals surface area contributed by atoms with Crippen molar-refractivity contribution in [3.8, 4) is 0 Å². The minimum absolute atomic E-state index is 0.179. The molecule has 11 heteroatoms. The number of amides is 1. The van der Waals surface area contributed by atoms with Gasteiger partial charge in [-0.3, -0.25) is 4.79 Å². The lowest BCUT2D eigenvalue weighted by Crippen LogP contribution is -2.45. The molecule has 0 aliphatic carbocycles. The first-order chi connectivity index (χ1) is 12.0. The quantitative estimate of drug-likeness (QED) is 0.589. The van der Waals surface area contributed by atoms with Gasteiger partial charge >= 0.3 is 12.1 Å². The number of unbranched alkanes of at least 4 members (excludes halogenated alkanes) is 1. The highest BCUT2D eigenvalue weighted by Crippen LogP contribution is 2.30. The van der Waals surface area contributed by atoms with Gasteiger partial charge in [0, 0.05) is 0 Å². The summed E-state index contributed by atoms with van der Waals surface area (Å²) in [5, 5.41) is 11.2. The van der Waals surface area contributed by atoms with E-state index >= 15 is 0 Å². The normalized spacial score (nSPS) is 13.2. The van der Waals surface area contributed by atoms with Crippen molar-refractivity contribution in [3.63, 3.8) is 0 Å². The zero-order valence-electron chi connectivity index (χ0n) is 13.8. The summed E-state index contributed by atoms with van der Waals surface area (Å²) < 4.78 is 63.9. The minimum Gasteiger partial charge on any atom is -0.480 e. The summed E-state index contributed by atoms with van der Waals surface area (Å²) in [5.74, 6) is -2.16. The number of nitrogens with one attached hydrogen (secondary N) is 2. The van der Waals surface area contributed by atoms with Crippen molar-refractivity contribution in [1.29, 1.82) is 0 Å². The molecule has 0 unspecified atom stereocenters. The molecule has 26 heavy (non-hydrogen) atoms. The summed E-state index contributed by atoms with van der Waals surface area (Å²) in [6.07, 6.45) is -3.27. The first-order valence-electron chi connectivity index (χ1n) is 7.66. The summed E-state index contributed by atoms with van der Waals surface area (Å²) in [4.78, 5) is 22.1. The van der Waals surface area contributed by atoms with E-state index in [0.29, 0.717) is 18.9 Å². The van der Waals surface area contributed by atoms with Crippen LogP contribution in [0.1, 0.15) is 31.7 Å². The lowest BCUT2D eigenvalue weighted by Gasteiger charge is -2.14. The molecule has 1 rings (SSSR count). The number of carboxylic acid groups (broad SMARTS) is 1. The number of carboxylic acids is 1. The van der Waals surface area contributed by atoms with Crippen LogP contribution in [0.25, 0.3) is 0 Å². The van der Waals surface area contributed by atoms with Crippen LogP contribution < -0.4 is 10.0 Å². The van der Waals surface area contributed by atoms with Gasteiger partial charge in [-0.25, -0.2) is 17.9 Å². The third kappa shape index (κ3) is 6.64. The topological polar surface area (TPSA) is 113 Å². The number of carbonyl (C=O) groups excluding carboxylic acids is 1. The molecular weight excluding hydrogens is 377 g/mol. The number of sulfonamides is 1. The predicted molar refractivity (Wildman–Crippen MR) is 85.7 cm³/mol. The monoisotopic (exact) mass is 396 g/mol. The Labute approximate surface area is 148 Å². The Morgan fingerprint density at radius 3 is 2.46 bits per heavy atom. The molecule has 0 fully saturated rings. The minimum atomic E-state index is -4.71. The molecule has 1 aromatic rings. The fourth-order valence-corrected chi connectivity index (χ4v) is 3.02. The summed E-state index contributed by atoms with van der Waals surface area (Å²) in [5.41, 5.74) is -1.14. The van der Waals surface area contributed by atoms with Crippen molar-refractivity contribution in [3.05, 3.63) is 29.8 Å². The number of halogens is 3. The number of aliphatic carboxylic acids is 1. The van der Waals surface area contributed by atoms with E-state index in [1.54, 1.807) is 0 Å². The Kier molecular flexibility index (Phi) is 7.57. The van der Waals surface area contributed by atoms with Crippen molar-refractivity contribution in [2.24, 2.45) is 0 Å². The van der Waals surface area contributed by atoms with E-state index in [0.717, 1.165) is 18.2 Å². The van der Waals surface area contributed by atoms with Crippen LogP contribution in [-0.4, -0.2) is 38.0 Å². The molecule has 7 nitrogen and oxygen atoms in total. The molecule has 1 atom stereocenters. The molecule has 0 saturated carbocycles. The van der Waals surface area contributed by atoms with Gasteiger partial charge in [0.05, 0.1) is 17.0 Å². The number of hydrogen-bond donors (Lipinski definition) is 3. The Hall–Kier alpha value is -2.14. The molecule has 0 radical (unpaired) electrons. The molecule has 1 aromatic carbocycles. The number of carbonyl (C=O) groups is 2. The van der Waals surface area contributed by atoms with Gasteiger partial charge in [-0.2, -0.15) is 13.2 Å². The highest BCUT2D eigenvalue weighted by molar-refractivity contribution is 7.89. The number of hydrogen-bond acceptors (Lipinski definition) is 4. The molecule has 0 saturated heterocycles. The summed E-state index contributed by atoms with van der Waals surface area (Å²) in [7, 11) is -4.37. The summed E-state index contributed by atoms with van der Waals surface area (Å²) >= 11 is 0. The number of rotatable bonds is 9. The van der Waals surface area contributed by atoms with Gasteiger partial charge in [-0.15, -0.1) is 0 Å². The van der Waals surface area contributed by atoms with Gasteiger partial charge in [-0.05, 0) is 24.6 Å². The van der Waals surface area contributed by atoms with Gasteiger partial charge in [0.15, 0.2) is 0 Å². The first kappa shape index (κ1) is 21.9. The zero-order valence-corrected chi connectivity index (χ0v) is 14.7. The largest absolute Gasteiger partial charge is 0.480 e. The second-order valence-corrected chi connectivity index (χ2v) is 7.22. The average molecular weight is 396 g/mol. The first-order valence-corrected chi connectivity index (χ1v) is 9.14. The van der Waals surface area contributed by atoms with Crippen LogP contribution in [0.5, 0.6) is 0 Å². The van der Waals surface area contributed by atoms with E-state index in [-0.39, 0.29) is 6.42 Å². The summed E-state index contributed by atoms with van der Waals surface area (Å²) in [6, 6.07) is 1.89. The smallest absolute Gasteiger partial charge is 0.416 e. The molecule has 0 aliphatic heterocycles. The van der Waals surface area contributed by atoms with Gasteiger partial charge in [-0.1, -0.05) is 25.8 Å². The van der Waals surface area contributed by atoms with E-state index in [9.17, 15) is 31.2 Å². The van der Waals surface area contributed by atoms with Gasteiger partial charge in [0.25, 0.3) is 0 Å². The third-order valence-corrected chi connectivity index (χ3v) is 4.77. The SMILES string of the molecule is CCCC[C@H](NC(=O)CNS(=O)(=O)c1cccc(C(F)(F)F)c1)C(=O)O. The molecule has 0 aromatic heterocycles. The van der Waals surface area contributed by atoms with Crippen LogP contribution >= 0.6 is 0 Å². The van der Waals surface area contributed by atoms with Crippen LogP contribution in [0.2, 0.25) is 0 Å². The van der Waals surface area contributed by atoms with Crippen molar-refractivity contribution in [2.45, 2.75) is 43.3 Å². The van der Waals surface area contributed by atoms with E-state index < -0.39 is 51.1 Å². The Balaban J connectivity index is 2.76. The molecule has 0 bridgehead atoms. The maximum absolute atomic E-state index is 12.7. The highest BCUT2D eigenvalue weighted by atomic mass is 32.2. The fourth-order valence-electron chi connectivity index (χ4n) is 1.99. The van der Waals surface area contributed by atoms with E-state index in [1.807, 2.05) is 11.6 Å². The maximum Gasteiger partial charge on any atom is 0.416 e. The van der Waals surface area contributed by atoms with Crippen LogP contribution in [0, 0.1) is 0 Å². The molecule has 1 amide bonds. The Bertz CT molecular complexity index is 750. The van der Waals surface area contributed by atoms with Crippen LogP contribution in [0.4, 0.5) is 13.2 Å². The predicted octanol–water partition coefficient (Wildman–Crippen LogP) is 1.74. The van der Waals surface area contributed by atoms with Crippen molar-refractivity contribution in [1.82, 2.24) is 10.0 Å². The number of benzene rings is 1. The maximum atomic E-state index is 12.7. The lowest BCUT2D eigenvalue weighted by molar-refractivity contribution is -0.141. The summed E-state index contributed by atoms with van der Waals surface area (Å²) in [6.45, 7) is 1.04. The molecule has 0 aliphatic rings. The molecule has 0 heterocycles. The second-order valence-electron chi connectivity index (χ2n) is 5.45. The van der Waals surface area contributed by atoms with Crippen molar-refractivity contribution >= 4 is 21.9 Å². The van der Waals surface area contributed by atoms with Crippen molar-refractivity contribution < 1.29 is 36.3 Å². The average Bonchev–Trinajstić information content (AvgIpc) is 2.56. The van der Waals surface area contributed by atoms with Crippen LogP contribution in [0.15, 0.2) is 29.2 Å². The Morgan fingerprint density at radius 2 is 1.92 bits per heavy atom. The van der Waals surface area contributed by atoms with Crippen molar-refractivity contribution in [2.75, 3.05) is 6.54 Å². The lowest BCUT2D eigenvalue weighted by atomic mass is 10.1. The molecule has 3 N–H and O–H groups in total. The Morgan fingerprint density at radius 1 is 1.27 bits per heavy atom. The standard InChI is InChI=1S/C15H19F3N2O5S/c1-2-3-7-12(14(22)23)20-13(21)9-19-26(24,25)11-6-4-5-10(8-11)15(16,17)18/h4-6,8,12,19H,2-3,7,9H2,1H3,(H,20,21)(H,22,23)/t12-/m0/s1. The van der Waals surface area contributed by atoms with Gasteiger partial charge < -0.3 is 10.4 Å².